The molecule has 22 heavy (non-hydrogen) atoms. The van der Waals surface area contributed by atoms with Gasteiger partial charge in [-0.15, -0.1) is 0 Å². The van der Waals surface area contributed by atoms with Crippen LogP contribution in [0.1, 0.15) is 25.2 Å². The normalized spacial score (nSPS) is 26.3. The summed E-state index contributed by atoms with van der Waals surface area (Å²) in [7, 11) is 0. The van der Waals surface area contributed by atoms with Crippen LogP contribution in [0.3, 0.4) is 0 Å². The summed E-state index contributed by atoms with van der Waals surface area (Å²) in [5.74, 6) is 1.39. The molecule has 0 radical (unpaired) electrons. The standard InChI is InChI=1S/C15H25N5O2/c1-2-19-6-7-20(10-13(19)14-16-4-5-17-14)15(21)18-9-12-3-8-22-11-12/h4-5,12-13H,2-3,6-11H2,1H3,(H,16,17)(H,18,21)/t12-,13+/m0/s1. The molecule has 2 amide bonds. The number of carbonyl (C=O) groups excluding carboxylic acids is 1. The average Bonchev–Trinajstić information content (AvgIpc) is 3.25. The second-order valence-corrected chi connectivity index (χ2v) is 5.98. The summed E-state index contributed by atoms with van der Waals surface area (Å²) in [5, 5.41) is 3.05. The van der Waals surface area contributed by atoms with Crippen molar-refractivity contribution >= 4 is 6.03 Å². The Morgan fingerprint density at radius 2 is 2.45 bits per heavy atom. The van der Waals surface area contributed by atoms with E-state index in [1.54, 1.807) is 6.20 Å². The molecule has 0 spiro atoms. The minimum absolute atomic E-state index is 0.0270. The number of carbonyl (C=O) groups is 1. The van der Waals surface area contributed by atoms with Crippen molar-refractivity contribution < 1.29 is 9.53 Å². The summed E-state index contributed by atoms with van der Waals surface area (Å²) >= 11 is 0. The van der Waals surface area contributed by atoms with Gasteiger partial charge in [-0.3, -0.25) is 4.90 Å². The Morgan fingerprint density at radius 1 is 1.55 bits per heavy atom. The van der Waals surface area contributed by atoms with Crippen LogP contribution in [0.5, 0.6) is 0 Å². The largest absolute Gasteiger partial charge is 0.381 e. The minimum atomic E-state index is 0.0270. The van der Waals surface area contributed by atoms with E-state index >= 15 is 0 Å². The maximum Gasteiger partial charge on any atom is 0.317 e. The lowest BCUT2D eigenvalue weighted by Crippen LogP contribution is -2.53. The minimum Gasteiger partial charge on any atom is -0.381 e. The number of aromatic nitrogens is 2. The fraction of sp³-hybridized carbons (Fsp3) is 0.733. The SMILES string of the molecule is CCN1CCN(C(=O)NC[C@@H]2CCOC2)C[C@@H]1c1ncc[nH]1. The van der Waals surface area contributed by atoms with Crippen molar-refractivity contribution in [2.75, 3.05) is 45.9 Å². The number of rotatable bonds is 4. The van der Waals surface area contributed by atoms with Gasteiger partial charge in [0.25, 0.3) is 0 Å². The molecule has 122 valence electrons. The number of aromatic amines is 1. The van der Waals surface area contributed by atoms with Crippen LogP contribution in [-0.4, -0.2) is 71.7 Å². The molecule has 7 nitrogen and oxygen atoms in total. The van der Waals surface area contributed by atoms with Crippen LogP contribution < -0.4 is 5.32 Å². The molecule has 2 aliphatic rings. The predicted octanol–water partition coefficient (Wildman–Crippen LogP) is 0.834. The van der Waals surface area contributed by atoms with Crippen LogP contribution >= 0.6 is 0 Å². The molecule has 0 unspecified atom stereocenters. The van der Waals surface area contributed by atoms with E-state index in [-0.39, 0.29) is 12.1 Å². The molecule has 2 N–H and O–H groups in total. The third-order valence-corrected chi connectivity index (χ3v) is 4.59. The number of hydrogen-bond donors (Lipinski definition) is 2. The molecule has 0 aromatic carbocycles. The summed E-state index contributed by atoms with van der Waals surface area (Å²) in [5.41, 5.74) is 0. The van der Waals surface area contributed by atoms with Crippen LogP contribution in [0.25, 0.3) is 0 Å². The maximum absolute atomic E-state index is 12.4. The smallest absolute Gasteiger partial charge is 0.317 e. The Hall–Kier alpha value is -1.60. The number of likely N-dealkylation sites (N-methyl/N-ethyl adjacent to an activating group) is 1. The van der Waals surface area contributed by atoms with E-state index in [4.69, 9.17) is 4.74 Å². The fourth-order valence-electron chi connectivity index (χ4n) is 3.19. The van der Waals surface area contributed by atoms with E-state index in [0.29, 0.717) is 19.0 Å². The van der Waals surface area contributed by atoms with Gasteiger partial charge >= 0.3 is 6.03 Å². The lowest BCUT2D eigenvalue weighted by atomic mass is 10.1. The lowest BCUT2D eigenvalue weighted by Gasteiger charge is -2.40. The number of imidazole rings is 1. The van der Waals surface area contributed by atoms with Crippen molar-refractivity contribution in [2.24, 2.45) is 5.92 Å². The number of nitrogens with one attached hydrogen (secondary N) is 2. The molecule has 7 heteroatoms. The summed E-state index contributed by atoms with van der Waals surface area (Å²) in [4.78, 5) is 24.2. The van der Waals surface area contributed by atoms with Gasteiger partial charge in [0.2, 0.25) is 0 Å². The Morgan fingerprint density at radius 3 is 3.14 bits per heavy atom. The third kappa shape index (κ3) is 3.41. The van der Waals surface area contributed by atoms with Gasteiger partial charge in [0, 0.05) is 51.1 Å². The molecule has 2 atom stereocenters. The molecule has 3 heterocycles. The molecule has 2 saturated heterocycles. The number of H-pyrrole nitrogens is 1. The number of piperazine rings is 1. The molecular weight excluding hydrogens is 282 g/mol. The van der Waals surface area contributed by atoms with Crippen molar-refractivity contribution in [2.45, 2.75) is 19.4 Å². The second-order valence-electron chi connectivity index (χ2n) is 5.98. The van der Waals surface area contributed by atoms with E-state index < -0.39 is 0 Å². The predicted molar refractivity (Wildman–Crippen MR) is 82.5 cm³/mol. The third-order valence-electron chi connectivity index (χ3n) is 4.59. The van der Waals surface area contributed by atoms with E-state index in [1.165, 1.54) is 0 Å². The first kappa shape index (κ1) is 15.3. The first-order chi connectivity index (χ1) is 10.8. The first-order valence-electron chi connectivity index (χ1n) is 8.11. The summed E-state index contributed by atoms with van der Waals surface area (Å²) < 4.78 is 5.35. The van der Waals surface area contributed by atoms with Gasteiger partial charge in [-0.25, -0.2) is 9.78 Å². The van der Waals surface area contributed by atoms with Crippen molar-refractivity contribution in [1.82, 2.24) is 25.1 Å². The Bertz CT molecular complexity index is 472. The van der Waals surface area contributed by atoms with Gasteiger partial charge in [0.1, 0.15) is 5.82 Å². The molecule has 0 bridgehead atoms. The van der Waals surface area contributed by atoms with Crippen LogP contribution in [0, 0.1) is 5.92 Å². The quantitative estimate of drug-likeness (QED) is 0.864. The van der Waals surface area contributed by atoms with Crippen LogP contribution in [0.2, 0.25) is 0 Å². The number of ether oxygens (including phenoxy) is 1. The lowest BCUT2D eigenvalue weighted by molar-refractivity contribution is 0.0892. The second kappa shape index (κ2) is 7.11. The highest BCUT2D eigenvalue weighted by atomic mass is 16.5. The Kier molecular flexibility index (Phi) is 4.94. The summed E-state index contributed by atoms with van der Waals surface area (Å²) in [6.45, 7) is 7.70. The Labute approximate surface area is 131 Å². The highest BCUT2D eigenvalue weighted by Gasteiger charge is 2.31. The number of hydrogen-bond acceptors (Lipinski definition) is 4. The molecule has 0 saturated carbocycles. The van der Waals surface area contributed by atoms with Crippen LogP contribution in [0.15, 0.2) is 12.4 Å². The van der Waals surface area contributed by atoms with Crippen LogP contribution in [0.4, 0.5) is 4.79 Å². The van der Waals surface area contributed by atoms with Crippen LogP contribution in [-0.2, 0) is 4.74 Å². The zero-order valence-corrected chi connectivity index (χ0v) is 13.1. The topological polar surface area (TPSA) is 73.5 Å². The van der Waals surface area contributed by atoms with E-state index in [0.717, 1.165) is 45.1 Å². The molecule has 1 aromatic heterocycles. The molecule has 0 aliphatic carbocycles. The molecule has 3 rings (SSSR count). The monoisotopic (exact) mass is 307 g/mol. The van der Waals surface area contributed by atoms with Gasteiger partial charge in [-0.2, -0.15) is 0 Å². The molecule has 2 aliphatic heterocycles. The highest BCUT2D eigenvalue weighted by molar-refractivity contribution is 5.74. The van der Waals surface area contributed by atoms with Crippen molar-refractivity contribution in [3.8, 4) is 0 Å². The number of urea groups is 1. The maximum atomic E-state index is 12.4. The number of nitrogens with zero attached hydrogens (tertiary/aromatic N) is 3. The first-order valence-corrected chi connectivity index (χ1v) is 8.11. The molecular formula is C15H25N5O2. The van der Waals surface area contributed by atoms with Gasteiger partial charge in [0.15, 0.2) is 0 Å². The van der Waals surface area contributed by atoms with E-state index in [9.17, 15) is 4.79 Å². The zero-order chi connectivity index (χ0) is 15.4. The summed E-state index contributed by atoms with van der Waals surface area (Å²) in [6, 6.07) is 0.175. The van der Waals surface area contributed by atoms with Crippen molar-refractivity contribution in [3.63, 3.8) is 0 Å². The zero-order valence-electron chi connectivity index (χ0n) is 13.1. The van der Waals surface area contributed by atoms with E-state index in [1.807, 2.05) is 11.1 Å². The molecule has 2 fully saturated rings. The van der Waals surface area contributed by atoms with Crippen molar-refractivity contribution in [1.29, 1.82) is 0 Å². The highest BCUT2D eigenvalue weighted by Crippen LogP contribution is 2.22. The van der Waals surface area contributed by atoms with E-state index in [2.05, 4.69) is 27.1 Å². The summed E-state index contributed by atoms with van der Waals surface area (Å²) in [6.07, 6.45) is 4.64. The average molecular weight is 307 g/mol. The van der Waals surface area contributed by atoms with Gasteiger partial charge < -0.3 is 19.9 Å². The van der Waals surface area contributed by atoms with Gasteiger partial charge in [-0.1, -0.05) is 6.92 Å². The van der Waals surface area contributed by atoms with Gasteiger partial charge in [0.05, 0.1) is 12.6 Å². The Balaban J connectivity index is 1.56. The van der Waals surface area contributed by atoms with Gasteiger partial charge in [-0.05, 0) is 13.0 Å². The number of amides is 2. The fourth-order valence-corrected chi connectivity index (χ4v) is 3.19. The molecule has 1 aromatic rings. The van der Waals surface area contributed by atoms with Crippen molar-refractivity contribution in [3.05, 3.63) is 18.2 Å².